The van der Waals surface area contributed by atoms with Crippen LogP contribution in [-0.2, 0) is 4.79 Å². The van der Waals surface area contributed by atoms with E-state index in [4.69, 9.17) is 4.74 Å². The molecule has 3 rings (SSSR count). The van der Waals surface area contributed by atoms with Crippen molar-refractivity contribution in [2.75, 3.05) is 17.3 Å². The molecule has 2 N–H and O–H groups in total. The summed E-state index contributed by atoms with van der Waals surface area (Å²) in [5, 5.41) is 7.03. The Hall–Kier alpha value is -3.60. The van der Waals surface area contributed by atoms with Gasteiger partial charge in [-0.3, -0.25) is 10.2 Å². The summed E-state index contributed by atoms with van der Waals surface area (Å²) >= 11 is 0. The van der Waals surface area contributed by atoms with Crippen LogP contribution in [0.1, 0.15) is 11.1 Å². The summed E-state index contributed by atoms with van der Waals surface area (Å²) in [4.78, 5) is 12.0. The number of carbonyl (C=O) groups excluding carboxylic acids is 1. The van der Waals surface area contributed by atoms with Crippen LogP contribution in [-0.4, -0.2) is 18.7 Å². The van der Waals surface area contributed by atoms with Gasteiger partial charge in [0, 0.05) is 11.3 Å². The summed E-state index contributed by atoms with van der Waals surface area (Å²) in [6.07, 6.45) is 1.67. The molecule has 0 bridgehead atoms. The number of aryl methyl sites for hydroxylation is 1. The van der Waals surface area contributed by atoms with Gasteiger partial charge in [0.15, 0.2) is 6.61 Å². The number of para-hydroxylation sites is 2. The highest BCUT2D eigenvalue weighted by Crippen LogP contribution is 2.16. The van der Waals surface area contributed by atoms with E-state index in [9.17, 15) is 4.79 Å². The molecule has 0 atom stereocenters. The fraction of sp³-hybridized carbons (Fsp3) is 0.0909. The van der Waals surface area contributed by atoms with Gasteiger partial charge in [0.1, 0.15) is 5.75 Å². The first-order chi connectivity index (χ1) is 13.2. The predicted molar refractivity (Wildman–Crippen MR) is 109 cm³/mol. The quantitative estimate of drug-likeness (QED) is 0.484. The first kappa shape index (κ1) is 18.2. The molecule has 0 unspecified atom stereocenters. The summed E-state index contributed by atoms with van der Waals surface area (Å²) in [6.45, 7) is 1.96. The average Bonchev–Trinajstić information content (AvgIpc) is 2.69. The lowest BCUT2D eigenvalue weighted by Crippen LogP contribution is -2.20. The van der Waals surface area contributed by atoms with Crippen molar-refractivity contribution in [2.24, 2.45) is 5.10 Å². The molecule has 0 fully saturated rings. The maximum atomic E-state index is 12.0. The van der Waals surface area contributed by atoms with Crippen molar-refractivity contribution in [3.63, 3.8) is 0 Å². The SMILES string of the molecule is Cc1ccc(NN=Cc2ccccc2OCC(=O)Nc2ccccc2)cc1. The first-order valence-corrected chi connectivity index (χ1v) is 8.63. The molecule has 27 heavy (non-hydrogen) atoms. The Balaban J connectivity index is 1.57. The first-order valence-electron chi connectivity index (χ1n) is 8.63. The molecule has 0 aliphatic carbocycles. The Morgan fingerprint density at radius 1 is 0.926 bits per heavy atom. The van der Waals surface area contributed by atoms with E-state index in [1.54, 1.807) is 6.21 Å². The second kappa shape index (κ2) is 9.20. The molecule has 0 aliphatic heterocycles. The number of amides is 1. The van der Waals surface area contributed by atoms with Crippen molar-refractivity contribution in [2.45, 2.75) is 6.92 Å². The Kier molecular flexibility index (Phi) is 6.20. The molecule has 0 heterocycles. The molecule has 5 nitrogen and oxygen atoms in total. The summed E-state index contributed by atoms with van der Waals surface area (Å²) in [5.41, 5.74) is 6.59. The standard InChI is InChI=1S/C22H21N3O2/c1-17-11-13-20(14-12-17)25-23-15-18-7-5-6-10-21(18)27-16-22(26)24-19-8-3-2-4-9-19/h2-15,25H,16H2,1H3,(H,24,26). The molecule has 0 saturated carbocycles. The van der Waals surface area contributed by atoms with Crippen molar-refractivity contribution in [1.82, 2.24) is 0 Å². The molecule has 136 valence electrons. The zero-order valence-corrected chi connectivity index (χ0v) is 15.1. The summed E-state index contributed by atoms with van der Waals surface area (Å²) in [7, 11) is 0. The topological polar surface area (TPSA) is 62.7 Å². The van der Waals surface area contributed by atoms with Gasteiger partial charge in [0.25, 0.3) is 5.91 Å². The lowest BCUT2D eigenvalue weighted by molar-refractivity contribution is -0.118. The van der Waals surface area contributed by atoms with Crippen LogP contribution in [0.5, 0.6) is 5.75 Å². The third-order valence-corrected chi connectivity index (χ3v) is 3.78. The summed E-state index contributed by atoms with van der Waals surface area (Å²) < 4.78 is 5.66. The fourth-order valence-corrected chi connectivity index (χ4v) is 2.38. The lowest BCUT2D eigenvalue weighted by Gasteiger charge is -2.09. The Morgan fingerprint density at radius 2 is 1.63 bits per heavy atom. The van der Waals surface area contributed by atoms with E-state index in [2.05, 4.69) is 15.8 Å². The number of hydrazone groups is 1. The minimum Gasteiger partial charge on any atom is -0.483 e. The molecule has 0 aliphatic rings. The van der Waals surface area contributed by atoms with Crippen LogP contribution in [0.2, 0.25) is 0 Å². The van der Waals surface area contributed by atoms with Crippen LogP contribution >= 0.6 is 0 Å². The van der Waals surface area contributed by atoms with Gasteiger partial charge in [0.05, 0.1) is 11.9 Å². The molecule has 0 saturated heterocycles. The normalized spacial score (nSPS) is 10.6. The Bertz CT molecular complexity index is 906. The monoisotopic (exact) mass is 359 g/mol. The van der Waals surface area contributed by atoms with Gasteiger partial charge < -0.3 is 10.1 Å². The maximum Gasteiger partial charge on any atom is 0.262 e. The Morgan fingerprint density at radius 3 is 2.41 bits per heavy atom. The number of nitrogens with one attached hydrogen (secondary N) is 2. The van der Waals surface area contributed by atoms with E-state index in [1.807, 2.05) is 85.8 Å². The number of rotatable bonds is 7. The zero-order chi connectivity index (χ0) is 18.9. The maximum absolute atomic E-state index is 12.0. The minimum absolute atomic E-state index is 0.0782. The molecular weight excluding hydrogens is 338 g/mol. The number of carbonyl (C=O) groups is 1. The van der Waals surface area contributed by atoms with Crippen LogP contribution in [0.25, 0.3) is 0 Å². The smallest absolute Gasteiger partial charge is 0.262 e. The third-order valence-electron chi connectivity index (χ3n) is 3.78. The van der Waals surface area contributed by atoms with E-state index >= 15 is 0 Å². The van der Waals surface area contributed by atoms with Gasteiger partial charge >= 0.3 is 0 Å². The van der Waals surface area contributed by atoms with E-state index in [1.165, 1.54) is 5.56 Å². The van der Waals surface area contributed by atoms with E-state index in [-0.39, 0.29) is 12.5 Å². The van der Waals surface area contributed by atoms with Gasteiger partial charge in [-0.15, -0.1) is 0 Å². The van der Waals surface area contributed by atoms with Crippen LogP contribution < -0.4 is 15.5 Å². The summed E-state index contributed by atoms with van der Waals surface area (Å²) in [6, 6.07) is 24.7. The number of hydrogen-bond donors (Lipinski definition) is 2. The fourth-order valence-electron chi connectivity index (χ4n) is 2.38. The number of ether oxygens (including phenoxy) is 1. The van der Waals surface area contributed by atoms with Gasteiger partial charge in [-0.1, -0.05) is 48.0 Å². The molecular formula is C22H21N3O2. The third kappa shape index (κ3) is 5.71. The Labute approximate surface area is 158 Å². The minimum atomic E-state index is -0.217. The van der Waals surface area contributed by atoms with Crippen molar-refractivity contribution >= 4 is 23.5 Å². The van der Waals surface area contributed by atoms with Gasteiger partial charge in [-0.05, 0) is 43.3 Å². The van der Waals surface area contributed by atoms with Gasteiger partial charge in [0.2, 0.25) is 0 Å². The highest BCUT2D eigenvalue weighted by Gasteiger charge is 2.06. The van der Waals surface area contributed by atoms with E-state index in [0.717, 1.165) is 16.9 Å². The number of hydrogen-bond acceptors (Lipinski definition) is 4. The highest BCUT2D eigenvalue weighted by atomic mass is 16.5. The van der Waals surface area contributed by atoms with Gasteiger partial charge in [-0.2, -0.15) is 5.10 Å². The number of benzene rings is 3. The van der Waals surface area contributed by atoms with Crippen molar-refractivity contribution in [3.8, 4) is 5.75 Å². The van der Waals surface area contributed by atoms with Crippen LogP contribution in [0.3, 0.4) is 0 Å². The molecule has 3 aromatic rings. The summed E-state index contributed by atoms with van der Waals surface area (Å²) in [5.74, 6) is 0.376. The molecule has 0 aromatic heterocycles. The second-order valence-corrected chi connectivity index (χ2v) is 5.98. The molecule has 3 aromatic carbocycles. The predicted octanol–water partition coefficient (Wildman–Crippen LogP) is 4.46. The molecule has 1 amide bonds. The highest BCUT2D eigenvalue weighted by molar-refractivity contribution is 5.92. The number of anilines is 2. The van der Waals surface area contributed by atoms with Crippen molar-refractivity contribution in [3.05, 3.63) is 90.0 Å². The van der Waals surface area contributed by atoms with Crippen molar-refractivity contribution in [1.29, 1.82) is 0 Å². The van der Waals surface area contributed by atoms with Crippen molar-refractivity contribution < 1.29 is 9.53 Å². The van der Waals surface area contributed by atoms with E-state index < -0.39 is 0 Å². The largest absolute Gasteiger partial charge is 0.483 e. The second-order valence-electron chi connectivity index (χ2n) is 5.98. The molecule has 5 heteroatoms. The number of nitrogens with zero attached hydrogens (tertiary/aromatic N) is 1. The van der Waals surface area contributed by atoms with Gasteiger partial charge in [-0.25, -0.2) is 0 Å². The van der Waals surface area contributed by atoms with Crippen LogP contribution in [0.4, 0.5) is 11.4 Å². The zero-order valence-electron chi connectivity index (χ0n) is 15.1. The van der Waals surface area contributed by atoms with E-state index in [0.29, 0.717) is 5.75 Å². The lowest BCUT2D eigenvalue weighted by atomic mass is 10.2. The van der Waals surface area contributed by atoms with Crippen LogP contribution in [0.15, 0.2) is 84.0 Å². The molecule has 0 radical (unpaired) electrons. The average molecular weight is 359 g/mol. The van der Waals surface area contributed by atoms with Crippen LogP contribution in [0, 0.1) is 6.92 Å². The molecule has 0 spiro atoms.